The normalized spacial score (nSPS) is 16.1. The molecule has 20 heavy (non-hydrogen) atoms. The van der Waals surface area contributed by atoms with Gasteiger partial charge in [0.2, 0.25) is 0 Å². The van der Waals surface area contributed by atoms with Crippen molar-refractivity contribution in [3.63, 3.8) is 0 Å². The molecule has 2 heterocycles. The molecule has 7 heteroatoms. The monoisotopic (exact) mass is 280 g/mol. The molecule has 0 saturated carbocycles. The van der Waals surface area contributed by atoms with Gasteiger partial charge in [-0.25, -0.2) is 9.78 Å². The lowest BCUT2D eigenvalue weighted by atomic mass is 10.2. The van der Waals surface area contributed by atoms with E-state index in [4.69, 9.17) is 4.74 Å². The summed E-state index contributed by atoms with van der Waals surface area (Å²) in [5.74, 6) is -0.0914. The van der Waals surface area contributed by atoms with Crippen LogP contribution < -0.4 is 0 Å². The molecule has 0 spiro atoms. The van der Waals surface area contributed by atoms with E-state index in [9.17, 15) is 9.59 Å². The highest BCUT2D eigenvalue weighted by Gasteiger charge is 2.28. The Hall–Kier alpha value is -2.05. The van der Waals surface area contributed by atoms with Gasteiger partial charge in [-0.1, -0.05) is 0 Å². The second kappa shape index (κ2) is 5.52. The second-order valence-corrected chi connectivity index (χ2v) is 5.72. The number of aromatic amines is 1. The molecule has 0 unspecified atom stereocenters. The maximum atomic E-state index is 12.1. The van der Waals surface area contributed by atoms with E-state index < -0.39 is 5.60 Å². The second-order valence-electron chi connectivity index (χ2n) is 5.72. The van der Waals surface area contributed by atoms with Gasteiger partial charge in [0.25, 0.3) is 5.91 Å². The van der Waals surface area contributed by atoms with Crippen LogP contribution in [0.3, 0.4) is 0 Å². The van der Waals surface area contributed by atoms with Crippen molar-refractivity contribution in [2.24, 2.45) is 0 Å². The van der Waals surface area contributed by atoms with E-state index in [-0.39, 0.29) is 12.0 Å². The van der Waals surface area contributed by atoms with Gasteiger partial charge in [-0.2, -0.15) is 0 Å². The third-order valence-corrected chi connectivity index (χ3v) is 2.95. The van der Waals surface area contributed by atoms with Crippen LogP contribution in [0.2, 0.25) is 0 Å². The van der Waals surface area contributed by atoms with Crippen molar-refractivity contribution >= 4 is 12.0 Å². The summed E-state index contributed by atoms with van der Waals surface area (Å²) in [6, 6.07) is 0. The van der Waals surface area contributed by atoms with Crippen LogP contribution in [-0.4, -0.2) is 63.5 Å². The Morgan fingerprint density at radius 2 is 1.80 bits per heavy atom. The Labute approximate surface area is 117 Å². The van der Waals surface area contributed by atoms with Gasteiger partial charge in [0, 0.05) is 26.2 Å². The molecule has 0 aliphatic carbocycles. The minimum atomic E-state index is -0.500. The molecule has 2 rings (SSSR count). The van der Waals surface area contributed by atoms with Gasteiger partial charge in [-0.05, 0) is 20.8 Å². The molecular weight excluding hydrogens is 260 g/mol. The average Bonchev–Trinajstić information content (AvgIpc) is 2.90. The number of hydrogen-bond donors (Lipinski definition) is 1. The van der Waals surface area contributed by atoms with Gasteiger partial charge >= 0.3 is 6.09 Å². The van der Waals surface area contributed by atoms with E-state index in [2.05, 4.69) is 9.97 Å². The van der Waals surface area contributed by atoms with Crippen molar-refractivity contribution in [2.75, 3.05) is 26.2 Å². The fourth-order valence-electron chi connectivity index (χ4n) is 1.96. The Morgan fingerprint density at radius 1 is 1.20 bits per heavy atom. The van der Waals surface area contributed by atoms with Crippen molar-refractivity contribution < 1.29 is 14.3 Å². The first-order valence-electron chi connectivity index (χ1n) is 6.62. The van der Waals surface area contributed by atoms with Crippen LogP contribution in [0.1, 0.15) is 31.3 Å². The zero-order valence-electron chi connectivity index (χ0n) is 12.0. The minimum absolute atomic E-state index is 0.0914. The number of aromatic nitrogens is 2. The predicted molar refractivity (Wildman–Crippen MR) is 72.3 cm³/mol. The minimum Gasteiger partial charge on any atom is -0.444 e. The first kappa shape index (κ1) is 14.4. The maximum absolute atomic E-state index is 12.1. The fourth-order valence-corrected chi connectivity index (χ4v) is 1.96. The predicted octanol–water partition coefficient (Wildman–Crippen LogP) is 1.10. The largest absolute Gasteiger partial charge is 0.444 e. The summed E-state index contributed by atoms with van der Waals surface area (Å²) in [5.41, 5.74) is -0.0318. The number of rotatable bonds is 1. The third-order valence-electron chi connectivity index (χ3n) is 2.95. The number of hydrogen-bond acceptors (Lipinski definition) is 4. The molecule has 1 aromatic heterocycles. The lowest BCUT2D eigenvalue weighted by molar-refractivity contribution is 0.0140. The summed E-state index contributed by atoms with van der Waals surface area (Å²) in [7, 11) is 0. The zero-order valence-corrected chi connectivity index (χ0v) is 12.0. The van der Waals surface area contributed by atoms with Gasteiger partial charge in [0.15, 0.2) is 0 Å². The van der Waals surface area contributed by atoms with E-state index in [1.807, 2.05) is 20.8 Å². The van der Waals surface area contributed by atoms with Crippen LogP contribution in [0.4, 0.5) is 4.79 Å². The standard InChI is InChI=1S/C13H20N4O3/c1-13(2,3)20-12(19)17-6-4-16(5-7-17)11(18)10-8-14-9-15-10/h8-9H,4-7H2,1-3H3,(H,14,15). The van der Waals surface area contributed by atoms with E-state index in [1.54, 1.807) is 9.80 Å². The Bertz CT molecular complexity index is 470. The molecular formula is C13H20N4O3. The van der Waals surface area contributed by atoms with Gasteiger partial charge in [0.1, 0.15) is 11.3 Å². The molecule has 1 N–H and O–H groups in total. The van der Waals surface area contributed by atoms with Gasteiger partial charge in [-0.3, -0.25) is 4.79 Å². The number of nitrogens with zero attached hydrogens (tertiary/aromatic N) is 3. The van der Waals surface area contributed by atoms with Crippen molar-refractivity contribution in [1.82, 2.24) is 19.8 Å². The average molecular weight is 280 g/mol. The van der Waals surface area contributed by atoms with Crippen LogP contribution in [0.25, 0.3) is 0 Å². The highest BCUT2D eigenvalue weighted by Crippen LogP contribution is 2.12. The van der Waals surface area contributed by atoms with Crippen LogP contribution >= 0.6 is 0 Å². The fraction of sp³-hybridized carbons (Fsp3) is 0.615. The summed E-state index contributed by atoms with van der Waals surface area (Å²) >= 11 is 0. The highest BCUT2D eigenvalue weighted by atomic mass is 16.6. The topological polar surface area (TPSA) is 78.5 Å². The molecule has 0 atom stereocenters. The smallest absolute Gasteiger partial charge is 0.410 e. The first-order valence-corrected chi connectivity index (χ1v) is 6.62. The van der Waals surface area contributed by atoms with E-state index in [0.717, 1.165) is 0 Å². The van der Waals surface area contributed by atoms with E-state index in [0.29, 0.717) is 31.9 Å². The summed E-state index contributed by atoms with van der Waals surface area (Å²) in [4.78, 5) is 33.9. The summed E-state index contributed by atoms with van der Waals surface area (Å²) in [6.07, 6.45) is 2.65. The number of piperazine rings is 1. The summed E-state index contributed by atoms with van der Waals surface area (Å²) in [5, 5.41) is 0. The molecule has 0 bridgehead atoms. The third kappa shape index (κ3) is 3.49. The van der Waals surface area contributed by atoms with Crippen molar-refractivity contribution in [3.05, 3.63) is 18.2 Å². The summed E-state index contributed by atoms with van der Waals surface area (Å²) < 4.78 is 5.31. The number of carbonyl (C=O) groups is 2. The lowest BCUT2D eigenvalue weighted by Crippen LogP contribution is -2.51. The molecule has 1 aliphatic rings. The van der Waals surface area contributed by atoms with Crippen molar-refractivity contribution in [3.8, 4) is 0 Å². The molecule has 1 fully saturated rings. The van der Waals surface area contributed by atoms with Crippen LogP contribution in [0.5, 0.6) is 0 Å². The summed E-state index contributed by atoms with van der Waals surface area (Å²) in [6.45, 7) is 7.46. The van der Waals surface area contributed by atoms with Crippen molar-refractivity contribution in [2.45, 2.75) is 26.4 Å². The molecule has 0 aromatic carbocycles. The lowest BCUT2D eigenvalue weighted by Gasteiger charge is -2.35. The number of imidazole rings is 1. The van der Waals surface area contributed by atoms with Gasteiger partial charge < -0.3 is 19.5 Å². The number of carbonyl (C=O) groups excluding carboxylic acids is 2. The molecule has 1 saturated heterocycles. The molecule has 110 valence electrons. The Morgan fingerprint density at radius 3 is 2.30 bits per heavy atom. The molecule has 7 nitrogen and oxygen atoms in total. The number of ether oxygens (including phenoxy) is 1. The van der Waals surface area contributed by atoms with Crippen molar-refractivity contribution in [1.29, 1.82) is 0 Å². The molecule has 0 radical (unpaired) electrons. The number of amides is 2. The van der Waals surface area contributed by atoms with Crippen LogP contribution in [-0.2, 0) is 4.74 Å². The van der Waals surface area contributed by atoms with Crippen LogP contribution in [0.15, 0.2) is 12.5 Å². The van der Waals surface area contributed by atoms with E-state index in [1.165, 1.54) is 12.5 Å². The SMILES string of the molecule is CC(C)(C)OC(=O)N1CCN(C(=O)c2cnc[nH]2)CC1. The van der Waals surface area contributed by atoms with Gasteiger partial charge in [0.05, 0.1) is 12.5 Å². The van der Waals surface area contributed by atoms with Gasteiger partial charge in [-0.15, -0.1) is 0 Å². The molecule has 1 aliphatic heterocycles. The molecule has 1 aromatic rings. The quantitative estimate of drug-likeness (QED) is 0.835. The highest BCUT2D eigenvalue weighted by molar-refractivity contribution is 5.92. The zero-order chi connectivity index (χ0) is 14.8. The van der Waals surface area contributed by atoms with E-state index >= 15 is 0 Å². The molecule has 2 amide bonds. The first-order chi connectivity index (χ1) is 9.37. The maximum Gasteiger partial charge on any atom is 0.410 e. The Kier molecular flexibility index (Phi) is 3.96. The number of nitrogens with one attached hydrogen (secondary N) is 1. The van der Waals surface area contributed by atoms with Crippen LogP contribution in [0, 0.1) is 0 Å². The Balaban J connectivity index is 1.86. The number of H-pyrrole nitrogens is 1.